The number of benzene rings is 2. The van der Waals surface area contributed by atoms with E-state index in [1.165, 1.54) is 24.6 Å². The van der Waals surface area contributed by atoms with Gasteiger partial charge in [-0.15, -0.1) is 0 Å². The third kappa shape index (κ3) is 5.07. The molecule has 2 heterocycles. The number of nitrogens with zero attached hydrogens (tertiary/aromatic N) is 3. The van der Waals surface area contributed by atoms with Crippen LogP contribution in [0.1, 0.15) is 38.2 Å². The van der Waals surface area contributed by atoms with E-state index in [0.717, 1.165) is 39.7 Å². The van der Waals surface area contributed by atoms with Crippen LogP contribution in [0.4, 0.5) is 5.69 Å². The molecule has 1 aliphatic carbocycles. The summed E-state index contributed by atoms with van der Waals surface area (Å²) in [4.78, 5) is 26.3. The van der Waals surface area contributed by atoms with Crippen LogP contribution in [0.25, 0.3) is 22.0 Å². The zero-order valence-corrected chi connectivity index (χ0v) is 21.6. The van der Waals surface area contributed by atoms with Crippen LogP contribution in [0.3, 0.4) is 0 Å². The van der Waals surface area contributed by atoms with Crippen LogP contribution in [-0.4, -0.2) is 27.1 Å². The van der Waals surface area contributed by atoms with Crippen molar-refractivity contribution >= 4 is 34.1 Å². The van der Waals surface area contributed by atoms with Crippen LogP contribution >= 0.6 is 11.8 Å². The first-order valence-electron chi connectivity index (χ1n) is 12.4. The van der Waals surface area contributed by atoms with Gasteiger partial charge in [0, 0.05) is 35.3 Å². The van der Waals surface area contributed by atoms with E-state index in [1.807, 2.05) is 61.7 Å². The van der Waals surface area contributed by atoms with Crippen LogP contribution in [0.2, 0.25) is 0 Å². The first kappa shape index (κ1) is 24.3. The van der Waals surface area contributed by atoms with Crippen molar-refractivity contribution in [3.8, 4) is 22.9 Å². The minimum Gasteiger partial charge on any atom is -0.437 e. The molecule has 2 atom stereocenters. The lowest BCUT2D eigenvalue weighted by atomic mass is 9.94. The van der Waals surface area contributed by atoms with Crippen molar-refractivity contribution < 1.29 is 9.53 Å². The summed E-state index contributed by atoms with van der Waals surface area (Å²) >= 11 is 1.49. The van der Waals surface area contributed by atoms with Crippen molar-refractivity contribution in [3.05, 3.63) is 66.5 Å². The number of aryl methyl sites for hydroxylation is 1. The number of hydrogen-bond acceptors (Lipinski definition) is 6. The molecule has 5 rings (SSSR count). The van der Waals surface area contributed by atoms with Gasteiger partial charge >= 0.3 is 0 Å². The number of carbonyl (C=O) groups is 1. The van der Waals surface area contributed by atoms with Gasteiger partial charge in [0.15, 0.2) is 5.16 Å². The van der Waals surface area contributed by atoms with Gasteiger partial charge < -0.3 is 10.1 Å². The summed E-state index contributed by atoms with van der Waals surface area (Å²) in [6, 6.07) is 15.7. The summed E-state index contributed by atoms with van der Waals surface area (Å²) < 4.78 is 6.47. The zero-order chi connectivity index (χ0) is 25.1. The average molecular weight is 499 g/mol. The van der Waals surface area contributed by atoms with E-state index in [-0.39, 0.29) is 5.91 Å². The van der Waals surface area contributed by atoms with Crippen LogP contribution in [0, 0.1) is 18.8 Å². The van der Waals surface area contributed by atoms with E-state index in [4.69, 9.17) is 4.74 Å². The third-order valence-corrected chi connectivity index (χ3v) is 7.59. The summed E-state index contributed by atoms with van der Waals surface area (Å²) in [6.07, 6.45) is 9.55. The number of anilines is 1. The first-order chi connectivity index (χ1) is 17.5. The maximum Gasteiger partial charge on any atom is 0.228 e. The molecule has 0 spiro atoms. The molecule has 0 aliphatic heterocycles. The predicted molar refractivity (Wildman–Crippen MR) is 146 cm³/mol. The molecule has 7 heteroatoms. The number of nitrogens with one attached hydrogen (secondary N) is 1. The lowest BCUT2D eigenvalue weighted by Gasteiger charge is -2.17. The zero-order valence-electron chi connectivity index (χ0n) is 20.8. The van der Waals surface area contributed by atoms with Crippen molar-refractivity contribution in [2.24, 2.45) is 11.8 Å². The Morgan fingerprint density at radius 2 is 1.94 bits per heavy atom. The lowest BCUT2D eigenvalue weighted by Crippen LogP contribution is -2.18. The number of amides is 1. The van der Waals surface area contributed by atoms with Crippen molar-refractivity contribution in [3.63, 3.8) is 0 Å². The highest BCUT2D eigenvalue weighted by Crippen LogP contribution is 2.39. The topological polar surface area (TPSA) is 77.0 Å². The van der Waals surface area contributed by atoms with Gasteiger partial charge in [0.25, 0.3) is 0 Å². The molecule has 1 saturated carbocycles. The molecule has 184 valence electrons. The molecule has 1 N–H and O–H groups in total. The smallest absolute Gasteiger partial charge is 0.228 e. The standard InChI is InChI=1S/C29H30N4O2S/c1-18-7-4-8-20(18)17-26(34)32-24-11-5-9-22-21(24)13-12-19(2)27(22)35-28-23(10-6-15-30-28)25-14-16-31-29(33-25)36-3/h5-6,9-16,18,20H,4,7-8,17H2,1-3H3,(H,32,34). The molecule has 0 radical (unpaired) electrons. The van der Waals surface area contributed by atoms with Gasteiger partial charge in [-0.05, 0) is 61.3 Å². The third-order valence-electron chi connectivity index (χ3n) is 7.03. The number of fused-ring (bicyclic) bond motifs is 1. The van der Waals surface area contributed by atoms with E-state index in [9.17, 15) is 4.79 Å². The Balaban J connectivity index is 1.47. The van der Waals surface area contributed by atoms with E-state index in [1.54, 1.807) is 12.4 Å². The molecule has 6 nitrogen and oxygen atoms in total. The largest absolute Gasteiger partial charge is 0.437 e. The molecular weight excluding hydrogens is 468 g/mol. The second-order valence-electron chi connectivity index (χ2n) is 9.42. The van der Waals surface area contributed by atoms with Gasteiger partial charge in [-0.25, -0.2) is 15.0 Å². The minimum atomic E-state index is 0.0738. The van der Waals surface area contributed by atoms with Gasteiger partial charge in [0.2, 0.25) is 11.8 Å². The Kier molecular flexibility index (Phi) is 7.18. The van der Waals surface area contributed by atoms with Crippen LogP contribution < -0.4 is 10.1 Å². The molecule has 2 aromatic heterocycles. The van der Waals surface area contributed by atoms with Crippen LogP contribution in [-0.2, 0) is 4.79 Å². The molecule has 1 fully saturated rings. The van der Waals surface area contributed by atoms with Crippen molar-refractivity contribution in [1.82, 2.24) is 15.0 Å². The molecule has 1 aliphatic rings. The highest BCUT2D eigenvalue weighted by Gasteiger charge is 2.26. The molecule has 2 aromatic carbocycles. The fourth-order valence-corrected chi connectivity index (χ4v) is 5.36. The summed E-state index contributed by atoms with van der Waals surface area (Å²) in [7, 11) is 0. The van der Waals surface area contributed by atoms with Crippen molar-refractivity contribution in [1.29, 1.82) is 0 Å². The molecule has 0 saturated heterocycles. The maximum absolute atomic E-state index is 12.9. The molecule has 4 aromatic rings. The summed E-state index contributed by atoms with van der Waals surface area (Å²) in [6.45, 7) is 4.27. The Hall–Kier alpha value is -3.45. The SMILES string of the molecule is CSc1nccc(-c2cccnc2Oc2c(C)ccc3c(NC(=O)CC4CCCC4C)cccc23)n1. The minimum absolute atomic E-state index is 0.0738. The maximum atomic E-state index is 12.9. The highest BCUT2D eigenvalue weighted by atomic mass is 32.2. The second kappa shape index (κ2) is 10.7. The van der Waals surface area contributed by atoms with Gasteiger partial charge in [0.05, 0.1) is 11.3 Å². The number of carbonyl (C=O) groups excluding carboxylic acids is 1. The van der Waals surface area contributed by atoms with Crippen molar-refractivity contribution in [2.75, 3.05) is 11.6 Å². The average Bonchev–Trinajstić information content (AvgIpc) is 3.30. The van der Waals surface area contributed by atoms with Crippen molar-refractivity contribution in [2.45, 2.75) is 44.7 Å². The normalized spacial score (nSPS) is 17.3. The lowest BCUT2D eigenvalue weighted by molar-refractivity contribution is -0.117. The first-order valence-corrected chi connectivity index (χ1v) is 13.6. The Morgan fingerprint density at radius 1 is 1.06 bits per heavy atom. The van der Waals surface area contributed by atoms with E-state index in [2.05, 4.69) is 27.2 Å². The predicted octanol–water partition coefficient (Wildman–Crippen LogP) is 7.28. The fourth-order valence-electron chi connectivity index (χ4n) is 5.00. The number of aromatic nitrogens is 3. The number of ether oxygens (including phenoxy) is 1. The monoisotopic (exact) mass is 498 g/mol. The molecule has 1 amide bonds. The quantitative estimate of drug-likeness (QED) is 0.213. The summed E-state index contributed by atoms with van der Waals surface area (Å²) in [5, 5.41) is 5.72. The number of rotatable bonds is 7. The van der Waals surface area contributed by atoms with E-state index >= 15 is 0 Å². The highest BCUT2D eigenvalue weighted by molar-refractivity contribution is 7.98. The molecular formula is C29H30N4O2S. The van der Waals surface area contributed by atoms with E-state index in [0.29, 0.717) is 35.0 Å². The van der Waals surface area contributed by atoms with E-state index < -0.39 is 0 Å². The second-order valence-corrected chi connectivity index (χ2v) is 10.2. The molecule has 0 bridgehead atoms. The Labute approximate surface area is 215 Å². The van der Waals surface area contributed by atoms with Gasteiger partial charge in [-0.1, -0.05) is 55.8 Å². The molecule has 36 heavy (non-hydrogen) atoms. The van der Waals surface area contributed by atoms with Crippen LogP contribution in [0.5, 0.6) is 11.6 Å². The van der Waals surface area contributed by atoms with Gasteiger partial charge in [-0.2, -0.15) is 0 Å². The van der Waals surface area contributed by atoms with Gasteiger partial charge in [0.1, 0.15) is 5.75 Å². The van der Waals surface area contributed by atoms with Crippen LogP contribution in [0.15, 0.2) is 66.1 Å². The number of pyridine rings is 1. The number of hydrogen-bond donors (Lipinski definition) is 1. The Bertz CT molecular complexity index is 1410. The Morgan fingerprint density at radius 3 is 2.75 bits per heavy atom. The fraction of sp³-hybridized carbons (Fsp3) is 0.310. The van der Waals surface area contributed by atoms with Gasteiger partial charge in [-0.3, -0.25) is 4.79 Å². The summed E-state index contributed by atoms with van der Waals surface area (Å²) in [5.41, 5.74) is 3.33. The number of thioether (sulfide) groups is 1. The summed E-state index contributed by atoms with van der Waals surface area (Å²) in [5.74, 6) is 2.35. The molecule has 2 unspecified atom stereocenters.